The number of hydrogen-bond acceptors (Lipinski definition) is 4. The number of thioether (sulfide) groups is 1. The molecule has 0 aliphatic carbocycles. The van der Waals surface area contributed by atoms with Crippen LogP contribution < -0.4 is 0 Å². The third-order valence-electron chi connectivity index (χ3n) is 3.26. The van der Waals surface area contributed by atoms with Crippen LogP contribution in [-0.4, -0.2) is 14.8 Å². The van der Waals surface area contributed by atoms with Gasteiger partial charge in [0.1, 0.15) is 0 Å². The third-order valence-corrected chi connectivity index (χ3v) is 5.17. The van der Waals surface area contributed by atoms with Gasteiger partial charge in [0.05, 0.1) is 4.88 Å². The minimum Gasteiger partial charge on any atom is -0.302 e. The van der Waals surface area contributed by atoms with Crippen molar-refractivity contribution < 1.29 is 0 Å². The van der Waals surface area contributed by atoms with Crippen LogP contribution in [0.3, 0.4) is 0 Å². The fraction of sp³-hybridized carbons (Fsp3) is 0.250. The predicted molar refractivity (Wildman–Crippen MR) is 89.7 cm³/mol. The van der Waals surface area contributed by atoms with E-state index in [0.29, 0.717) is 0 Å². The lowest BCUT2D eigenvalue weighted by molar-refractivity contribution is 0.688. The van der Waals surface area contributed by atoms with Crippen LogP contribution in [0, 0.1) is 6.92 Å². The number of thiophene rings is 1. The maximum atomic E-state index is 4.36. The van der Waals surface area contributed by atoms with Crippen molar-refractivity contribution in [2.45, 2.75) is 31.3 Å². The standard InChI is InChI=1S/C16H17N3S2/c1-3-19-15(14-5-4-10-20-14)17-18-16(19)21-11-13-8-6-12(2)7-9-13/h4-10H,3,11H2,1-2H3. The molecule has 0 bridgehead atoms. The van der Waals surface area contributed by atoms with Crippen LogP contribution in [-0.2, 0) is 12.3 Å². The van der Waals surface area contributed by atoms with Crippen molar-refractivity contribution in [3.8, 4) is 10.7 Å². The SMILES string of the molecule is CCn1c(SCc2ccc(C)cc2)nnc1-c1cccs1. The Kier molecular flexibility index (Phi) is 4.41. The van der Waals surface area contributed by atoms with Crippen LogP contribution in [0.25, 0.3) is 10.7 Å². The molecule has 5 heteroatoms. The molecule has 0 aliphatic heterocycles. The Hall–Kier alpha value is -1.59. The van der Waals surface area contributed by atoms with Gasteiger partial charge < -0.3 is 4.57 Å². The zero-order chi connectivity index (χ0) is 14.7. The van der Waals surface area contributed by atoms with Crippen LogP contribution in [0.1, 0.15) is 18.1 Å². The van der Waals surface area contributed by atoms with Gasteiger partial charge in [-0.2, -0.15) is 0 Å². The Morgan fingerprint density at radius 2 is 1.95 bits per heavy atom. The summed E-state index contributed by atoms with van der Waals surface area (Å²) in [6.07, 6.45) is 0. The normalized spacial score (nSPS) is 11.0. The average Bonchev–Trinajstić information content (AvgIpc) is 3.15. The Morgan fingerprint density at radius 3 is 2.62 bits per heavy atom. The molecule has 0 saturated carbocycles. The molecule has 0 unspecified atom stereocenters. The van der Waals surface area contributed by atoms with Crippen LogP contribution >= 0.6 is 23.1 Å². The molecule has 3 nitrogen and oxygen atoms in total. The van der Waals surface area contributed by atoms with E-state index in [9.17, 15) is 0 Å². The smallest absolute Gasteiger partial charge is 0.191 e. The van der Waals surface area contributed by atoms with Gasteiger partial charge in [-0.1, -0.05) is 47.7 Å². The molecule has 2 heterocycles. The largest absolute Gasteiger partial charge is 0.302 e. The Labute approximate surface area is 133 Å². The number of nitrogens with zero attached hydrogens (tertiary/aromatic N) is 3. The van der Waals surface area contributed by atoms with Crippen LogP contribution in [0.2, 0.25) is 0 Å². The van der Waals surface area contributed by atoms with Gasteiger partial charge >= 0.3 is 0 Å². The first-order valence-corrected chi connectivity index (χ1v) is 8.80. The molecule has 3 aromatic rings. The van der Waals surface area contributed by atoms with Crippen molar-refractivity contribution in [2.75, 3.05) is 0 Å². The topological polar surface area (TPSA) is 30.7 Å². The lowest BCUT2D eigenvalue weighted by atomic mass is 10.2. The molecule has 0 saturated heterocycles. The van der Waals surface area contributed by atoms with E-state index >= 15 is 0 Å². The summed E-state index contributed by atoms with van der Waals surface area (Å²) in [5.41, 5.74) is 2.61. The van der Waals surface area contributed by atoms with Gasteiger partial charge in [0.15, 0.2) is 11.0 Å². The summed E-state index contributed by atoms with van der Waals surface area (Å²) >= 11 is 3.45. The predicted octanol–water partition coefficient (Wildman–Crippen LogP) is 4.63. The summed E-state index contributed by atoms with van der Waals surface area (Å²) in [5, 5.41) is 11.8. The lowest BCUT2D eigenvalue weighted by Gasteiger charge is -2.06. The van der Waals surface area contributed by atoms with E-state index in [0.717, 1.165) is 23.3 Å². The summed E-state index contributed by atoms with van der Waals surface area (Å²) < 4.78 is 2.19. The summed E-state index contributed by atoms with van der Waals surface area (Å²) in [5.74, 6) is 1.89. The molecular formula is C16H17N3S2. The Balaban J connectivity index is 1.78. The maximum Gasteiger partial charge on any atom is 0.191 e. The molecule has 1 aromatic carbocycles. The van der Waals surface area contributed by atoms with Crippen LogP contribution in [0.5, 0.6) is 0 Å². The molecule has 21 heavy (non-hydrogen) atoms. The van der Waals surface area contributed by atoms with Crippen molar-refractivity contribution in [1.82, 2.24) is 14.8 Å². The van der Waals surface area contributed by atoms with E-state index in [1.165, 1.54) is 16.0 Å². The van der Waals surface area contributed by atoms with Gasteiger partial charge in [-0.05, 0) is 30.9 Å². The molecule has 2 aromatic heterocycles. The first kappa shape index (κ1) is 14.4. The number of hydrogen-bond donors (Lipinski definition) is 0. The van der Waals surface area contributed by atoms with Crippen molar-refractivity contribution in [1.29, 1.82) is 0 Å². The quantitative estimate of drug-likeness (QED) is 0.643. The van der Waals surface area contributed by atoms with Crippen LogP contribution in [0.15, 0.2) is 46.9 Å². The molecule has 0 spiro atoms. The summed E-state index contributed by atoms with van der Waals surface area (Å²) in [7, 11) is 0. The summed E-state index contributed by atoms with van der Waals surface area (Å²) in [6.45, 7) is 5.13. The van der Waals surface area contributed by atoms with E-state index in [1.54, 1.807) is 23.1 Å². The second-order valence-electron chi connectivity index (χ2n) is 4.80. The van der Waals surface area contributed by atoms with Crippen molar-refractivity contribution in [2.24, 2.45) is 0 Å². The zero-order valence-corrected chi connectivity index (χ0v) is 13.7. The first-order chi connectivity index (χ1) is 10.3. The van der Waals surface area contributed by atoms with E-state index in [-0.39, 0.29) is 0 Å². The van der Waals surface area contributed by atoms with E-state index in [4.69, 9.17) is 0 Å². The highest BCUT2D eigenvalue weighted by molar-refractivity contribution is 7.98. The highest BCUT2D eigenvalue weighted by atomic mass is 32.2. The fourth-order valence-corrected chi connectivity index (χ4v) is 3.78. The molecular weight excluding hydrogens is 298 g/mol. The van der Waals surface area contributed by atoms with Crippen molar-refractivity contribution in [3.05, 3.63) is 52.9 Å². The van der Waals surface area contributed by atoms with Crippen molar-refractivity contribution in [3.63, 3.8) is 0 Å². The second-order valence-corrected chi connectivity index (χ2v) is 6.69. The zero-order valence-electron chi connectivity index (χ0n) is 12.1. The molecule has 0 N–H and O–H groups in total. The van der Waals surface area contributed by atoms with Gasteiger partial charge in [-0.3, -0.25) is 0 Å². The molecule has 108 valence electrons. The number of benzene rings is 1. The van der Waals surface area contributed by atoms with Crippen LogP contribution in [0.4, 0.5) is 0 Å². The highest BCUT2D eigenvalue weighted by Crippen LogP contribution is 2.28. The van der Waals surface area contributed by atoms with E-state index < -0.39 is 0 Å². The molecule has 0 aliphatic rings. The lowest BCUT2D eigenvalue weighted by Crippen LogP contribution is -1.99. The number of aromatic nitrogens is 3. The fourth-order valence-electron chi connectivity index (χ4n) is 2.10. The van der Waals surface area contributed by atoms with Gasteiger partial charge in [-0.15, -0.1) is 21.5 Å². The average molecular weight is 315 g/mol. The molecule has 0 fully saturated rings. The Morgan fingerprint density at radius 1 is 1.14 bits per heavy atom. The number of aryl methyl sites for hydroxylation is 1. The minimum absolute atomic E-state index is 0.885. The second kappa shape index (κ2) is 6.45. The Bertz CT molecular complexity index is 700. The maximum absolute atomic E-state index is 4.36. The molecule has 0 radical (unpaired) electrons. The van der Waals surface area contributed by atoms with Gasteiger partial charge in [-0.25, -0.2) is 0 Å². The third kappa shape index (κ3) is 3.19. The minimum atomic E-state index is 0.885. The molecule has 0 atom stereocenters. The number of rotatable bonds is 5. The van der Waals surface area contributed by atoms with Crippen molar-refractivity contribution >= 4 is 23.1 Å². The summed E-state index contributed by atoms with van der Waals surface area (Å²) in [4.78, 5) is 1.17. The molecule has 0 amide bonds. The first-order valence-electron chi connectivity index (χ1n) is 6.93. The highest BCUT2D eigenvalue weighted by Gasteiger charge is 2.13. The summed E-state index contributed by atoms with van der Waals surface area (Å²) in [6, 6.07) is 12.8. The molecule has 3 rings (SSSR count). The monoisotopic (exact) mass is 315 g/mol. The van der Waals surface area contributed by atoms with Gasteiger partial charge in [0.25, 0.3) is 0 Å². The van der Waals surface area contributed by atoms with E-state index in [2.05, 4.69) is 64.3 Å². The van der Waals surface area contributed by atoms with E-state index in [1.807, 2.05) is 6.07 Å². The van der Waals surface area contributed by atoms with Gasteiger partial charge in [0, 0.05) is 12.3 Å². The van der Waals surface area contributed by atoms with Gasteiger partial charge in [0.2, 0.25) is 0 Å².